The quantitative estimate of drug-likeness (QED) is 0.626. The van der Waals surface area contributed by atoms with E-state index in [2.05, 4.69) is 9.97 Å². The van der Waals surface area contributed by atoms with Crippen LogP contribution in [0.5, 0.6) is 5.75 Å². The van der Waals surface area contributed by atoms with Crippen LogP contribution >= 0.6 is 0 Å². The number of benzene rings is 2. The van der Waals surface area contributed by atoms with Crippen molar-refractivity contribution in [3.05, 3.63) is 54.7 Å². The van der Waals surface area contributed by atoms with Gasteiger partial charge in [-0.05, 0) is 41.5 Å². The second kappa shape index (κ2) is 5.13. The van der Waals surface area contributed by atoms with E-state index in [-0.39, 0.29) is 11.7 Å². The van der Waals surface area contributed by atoms with Gasteiger partial charge in [0.15, 0.2) is 0 Å². The Morgan fingerprint density at radius 1 is 0.905 bits per heavy atom. The van der Waals surface area contributed by atoms with Crippen LogP contribution in [-0.2, 0) is 0 Å². The molecule has 1 aromatic heterocycles. The minimum Gasteiger partial charge on any atom is -0.507 e. The van der Waals surface area contributed by atoms with Gasteiger partial charge in [0, 0.05) is 17.4 Å². The van der Waals surface area contributed by atoms with Crippen molar-refractivity contribution in [1.29, 1.82) is 0 Å². The van der Waals surface area contributed by atoms with Gasteiger partial charge in [-0.3, -0.25) is 0 Å². The zero-order valence-corrected chi connectivity index (χ0v) is 11.2. The number of nitrogens with two attached hydrogens (primary N) is 2. The van der Waals surface area contributed by atoms with Crippen LogP contribution in [0.1, 0.15) is 0 Å². The summed E-state index contributed by atoms with van der Waals surface area (Å²) in [6.07, 6.45) is 1.56. The molecule has 0 atom stereocenters. The van der Waals surface area contributed by atoms with Gasteiger partial charge in [-0.25, -0.2) is 9.97 Å². The van der Waals surface area contributed by atoms with Crippen LogP contribution in [-0.4, -0.2) is 15.1 Å². The highest BCUT2D eigenvalue weighted by molar-refractivity contribution is 5.77. The third-order valence-electron chi connectivity index (χ3n) is 3.17. The molecule has 0 unspecified atom stereocenters. The predicted octanol–water partition coefficient (Wildman–Crippen LogP) is 2.68. The molecule has 0 radical (unpaired) electrons. The largest absolute Gasteiger partial charge is 0.507 e. The first kappa shape index (κ1) is 12.9. The average molecular weight is 278 g/mol. The summed E-state index contributed by atoms with van der Waals surface area (Å²) in [5.74, 6) is 0.307. The maximum absolute atomic E-state index is 10.1. The molecule has 0 aliphatic carbocycles. The number of phenolic OH excluding ortho intramolecular Hbond substituents is 1. The standard InChI is InChI=1S/C16H14N4O/c17-12-3-1-2-10(8-12)11-4-5-15(21)13(9-11)14-6-7-19-16(18)20-14/h1-9,21H,17H2,(H2,18,19,20). The summed E-state index contributed by atoms with van der Waals surface area (Å²) in [7, 11) is 0. The third-order valence-corrected chi connectivity index (χ3v) is 3.17. The number of anilines is 2. The lowest BCUT2D eigenvalue weighted by Crippen LogP contribution is -1.95. The number of rotatable bonds is 2. The predicted molar refractivity (Wildman–Crippen MR) is 83.4 cm³/mol. The Hall–Kier alpha value is -3.08. The Labute approximate surface area is 121 Å². The molecular weight excluding hydrogens is 264 g/mol. The van der Waals surface area contributed by atoms with Crippen molar-refractivity contribution in [1.82, 2.24) is 9.97 Å². The molecule has 0 spiro atoms. The van der Waals surface area contributed by atoms with Crippen molar-refractivity contribution in [3.8, 4) is 28.1 Å². The van der Waals surface area contributed by atoms with E-state index in [1.54, 1.807) is 18.3 Å². The molecule has 5 heteroatoms. The van der Waals surface area contributed by atoms with E-state index < -0.39 is 0 Å². The molecule has 0 bridgehead atoms. The lowest BCUT2D eigenvalue weighted by molar-refractivity contribution is 0.477. The van der Waals surface area contributed by atoms with Crippen molar-refractivity contribution < 1.29 is 5.11 Å². The van der Waals surface area contributed by atoms with Gasteiger partial charge in [-0.15, -0.1) is 0 Å². The third kappa shape index (κ3) is 2.62. The van der Waals surface area contributed by atoms with Gasteiger partial charge >= 0.3 is 0 Å². The fourth-order valence-corrected chi connectivity index (χ4v) is 2.16. The fourth-order valence-electron chi connectivity index (χ4n) is 2.16. The molecule has 0 amide bonds. The van der Waals surface area contributed by atoms with E-state index in [1.807, 2.05) is 36.4 Å². The zero-order valence-electron chi connectivity index (χ0n) is 11.2. The summed E-state index contributed by atoms with van der Waals surface area (Å²) >= 11 is 0. The number of phenols is 1. The SMILES string of the molecule is Nc1cccc(-c2ccc(O)c(-c3ccnc(N)n3)c2)c1. The van der Waals surface area contributed by atoms with Crippen LogP contribution in [0.25, 0.3) is 22.4 Å². The molecule has 0 aliphatic rings. The van der Waals surface area contributed by atoms with Crippen LogP contribution in [0.3, 0.4) is 0 Å². The van der Waals surface area contributed by atoms with Crippen molar-refractivity contribution in [3.63, 3.8) is 0 Å². The summed E-state index contributed by atoms with van der Waals surface area (Å²) in [6.45, 7) is 0. The number of aromatic hydroxyl groups is 1. The highest BCUT2D eigenvalue weighted by atomic mass is 16.3. The van der Waals surface area contributed by atoms with Crippen LogP contribution in [0.4, 0.5) is 11.6 Å². The van der Waals surface area contributed by atoms with Crippen molar-refractivity contribution in [2.24, 2.45) is 0 Å². The smallest absolute Gasteiger partial charge is 0.220 e. The molecule has 3 rings (SSSR count). The molecule has 104 valence electrons. The molecule has 21 heavy (non-hydrogen) atoms. The fraction of sp³-hybridized carbons (Fsp3) is 0. The number of nitrogen functional groups attached to an aromatic ring is 2. The highest BCUT2D eigenvalue weighted by Crippen LogP contribution is 2.33. The Morgan fingerprint density at radius 2 is 1.71 bits per heavy atom. The zero-order chi connectivity index (χ0) is 14.8. The number of hydrogen-bond acceptors (Lipinski definition) is 5. The van der Waals surface area contributed by atoms with Crippen LogP contribution < -0.4 is 11.5 Å². The topological polar surface area (TPSA) is 98.0 Å². The summed E-state index contributed by atoms with van der Waals surface area (Å²) < 4.78 is 0. The second-order valence-corrected chi connectivity index (χ2v) is 4.66. The second-order valence-electron chi connectivity index (χ2n) is 4.66. The Balaban J connectivity index is 2.12. The molecule has 2 aromatic carbocycles. The van der Waals surface area contributed by atoms with Crippen LogP contribution in [0, 0.1) is 0 Å². The first-order valence-electron chi connectivity index (χ1n) is 6.41. The maximum atomic E-state index is 10.1. The summed E-state index contributed by atoms with van der Waals surface area (Å²) in [5.41, 5.74) is 15.2. The van der Waals surface area contributed by atoms with Gasteiger partial charge in [0.25, 0.3) is 0 Å². The lowest BCUT2D eigenvalue weighted by Gasteiger charge is -2.08. The minimum absolute atomic E-state index is 0.140. The van der Waals surface area contributed by atoms with Crippen molar-refractivity contribution >= 4 is 11.6 Å². The van der Waals surface area contributed by atoms with Crippen molar-refractivity contribution in [2.45, 2.75) is 0 Å². The summed E-state index contributed by atoms with van der Waals surface area (Å²) in [4.78, 5) is 7.99. The molecule has 1 heterocycles. The normalized spacial score (nSPS) is 10.5. The summed E-state index contributed by atoms with van der Waals surface area (Å²) in [6, 6.07) is 14.6. The number of nitrogens with zero attached hydrogens (tertiary/aromatic N) is 2. The first-order chi connectivity index (χ1) is 10.1. The van der Waals surface area contributed by atoms with Gasteiger partial charge in [-0.2, -0.15) is 0 Å². The molecule has 0 fully saturated rings. The maximum Gasteiger partial charge on any atom is 0.220 e. The van der Waals surface area contributed by atoms with Crippen LogP contribution in [0.15, 0.2) is 54.7 Å². The van der Waals surface area contributed by atoms with Gasteiger partial charge in [-0.1, -0.05) is 18.2 Å². The van der Waals surface area contributed by atoms with E-state index in [0.29, 0.717) is 16.9 Å². The van der Waals surface area contributed by atoms with Gasteiger partial charge in [0.05, 0.1) is 5.69 Å². The molecule has 5 N–H and O–H groups in total. The minimum atomic E-state index is 0.140. The average Bonchev–Trinajstić information content (AvgIpc) is 2.47. The van der Waals surface area contributed by atoms with Gasteiger partial charge < -0.3 is 16.6 Å². The molecule has 0 aliphatic heterocycles. The van der Waals surface area contributed by atoms with E-state index in [9.17, 15) is 5.11 Å². The molecule has 0 saturated heterocycles. The van der Waals surface area contributed by atoms with E-state index in [0.717, 1.165) is 11.1 Å². The lowest BCUT2D eigenvalue weighted by atomic mass is 10.0. The molecule has 5 nitrogen and oxygen atoms in total. The van der Waals surface area contributed by atoms with Crippen LogP contribution in [0.2, 0.25) is 0 Å². The summed E-state index contributed by atoms with van der Waals surface area (Å²) in [5, 5.41) is 10.1. The van der Waals surface area contributed by atoms with Crippen molar-refractivity contribution in [2.75, 3.05) is 11.5 Å². The van der Waals surface area contributed by atoms with Gasteiger partial charge in [0.1, 0.15) is 5.75 Å². The Morgan fingerprint density at radius 3 is 2.48 bits per heavy atom. The molecular formula is C16H14N4O. The number of aromatic nitrogens is 2. The highest BCUT2D eigenvalue weighted by Gasteiger charge is 2.09. The van der Waals surface area contributed by atoms with E-state index >= 15 is 0 Å². The van der Waals surface area contributed by atoms with E-state index in [4.69, 9.17) is 11.5 Å². The number of hydrogen-bond donors (Lipinski definition) is 3. The monoisotopic (exact) mass is 278 g/mol. The Kier molecular flexibility index (Phi) is 3.16. The Bertz CT molecular complexity index is 802. The molecule has 3 aromatic rings. The molecule has 0 saturated carbocycles. The van der Waals surface area contributed by atoms with E-state index in [1.165, 1.54) is 0 Å². The van der Waals surface area contributed by atoms with Gasteiger partial charge in [0.2, 0.25) is 5.95 Å². The first-order valence-corrected chi connectivity index (χ1v) is 6.41.